The molecule has 3 aromatic carbocycles. The molecule has 3 rings (SSSR count). The van der Waals surface area contributed by atoms with Gasteiger partial charge in [0, 0.05) is 5.56 Å². The fraction of sp³-hybridized carbons (Fsp3) is 0.0909. The molecule has 3 aromatic rings. The number of carbonyl (C=O) groups is 1. The third kappa shape index (κ3) is 4.95. The zero-order valence-electron chi connectivity index (χ0n) is 15.0. The fourth-order valence-electron chi connectivity index (χ4n) is 2.51. The Hall–Kier alpha value is -3.60. The van der Waals surface area contributed by atoms with E-state index in [1.54, 1.807) is 31.5 Å². The first-order valence-electron chi connectivity index (χ1n) is 8.50. The highest BCUT2D eigenvalue weighted by Gasteiger charge is 2.11. The quantitative estimate of drug-likeness (QED) is 0.511. The van der Waals surface area contributed by atoms with Crippen molar-refractivity contribution in [3.63, 3.8) is 0 Å². The van der Waals surface area contributed by atoms with Gasteiger partial charge in [-0.3, -0.25) is 4.79 Å². The molecule has 136 valence electrons. The minimum absolute atomic E-state index is 0.343. The highest BCUT2D eigenvalue weighted by molar-refractivity contribution is 5.97. The van der Waals surface area contributed by atoms with Crippen molar-refractivity contribution in [2.75, 3.05) is 7.11 Å². The van der Waals surface area contributed by atoms with Crippen molar-refractivity contribution in [1.29, 1.82) is 0 Å². The molecule has 0 spiro atoms. The second-order valence-electron chi connectivity index (χ2n) is 5.71. The molecule has 0 aliphatic rings. The van der Waals surface area contributed by atoms with Crippen molar-refractivity contribution in [2.24, 2.45) is 5.10 Å². The van der Waals surface area contributed by atoms with Crippen molar-refractivity contribution in [3.8, 4) is 11.5 Å². The first-order valence-corrected chi connectivity index (χ1v) is 8.50. The maximum Gasteiger partial charge on any atom is 0.275 e. The van der Waals surface area contributed by atoms with Crippen LogP contribution in [-0.4, -0.2) is 19.2 Å². The molecule has 27 heavy (non-hydrogen) atoms. The molecule has 0 unspecified atom stereocenters. The molecule has 5 heteroatoms. The Morgan fingerprint density at radius 3 is 2.37 bits per heavy atom. The van der Waals surface area contributed by atoms with E-state index in [9.17, 15) is 4.79 Å². The van der Waals surface area contributed by atoms with Crippen molar-refractivity contribution in [1.82, 2.24) is 5.43 Å². The van der Waals surface area contributed by atoms with E-state index in [1.807, 2.05) is 60.7 Å². The second-order valence-corrected chi connectivity index (χ2v) is 5.71. The maximum atomic E-state index is 12.5. The number of carbonyl (C=O) groups excluding carboxylic acids is 1. The van der Waals surface area contributed by atoms with Crippen LogP contribution in [0.1, 0.15) is 21.5 Å². The second kappa shape index (κ2) is 9.20. The van der Waals surface area contributed by atoms with Crippen LogP contribution in [0.5, 0.6) is 11.5 Å². The van der Waals surface area contributed by atoms with Crippen molar-refractivity contribution in [3.05, 3.63) is 95.6 Å². The van der Waals surface area contributed by atoms with Crippen LogP contribution in [0.4, 0.5) is 0 Å². The summed E-state index contributed by atoms with van der Waals surface area (Å²) in [5, 5.41) is 4.03. The van der Waals surface area contributed by atoms with E-state index in [1.165, 1.54) is 0 Å². The third-order valence-corrected chi connectivity index (χ3v) is 3.88. The van der Waals surface area contributed by atoms with Crippen LogP contribution in [0.3, 0.4) is 0 Å². The number of para-hydroxylation sites is 2. The molecule has 0 saturated carbocycles. The normalized spacial score (nSPS) is 10.6. The fourth-order valence-corrected chi connectivity index (χ4v) is 2.51. The molecule has 1 amide bonds. The van der Waals surface area contributed by atoms with Crippen LogP contribution < -0.4 is 14.9 Å². The summed E-state index contributed by atoms with van der Waals surface area (Å²) in [6.07, 6.45) is 1.55. The van der Waals surface area contributed by atoms with Gasteiger partial charge in [-0.25, -0.2) is 5.43 Å². The lowest BCUT2D eigenvalue weighted by Gasteiger charge is -2.10. The Labute approximate surface area is 158 Å². The number of methoxy groups -OCH3 is 1. The van der Waals surface area contributed by atoms with E-state index in [0.717, 1.165) is 11.1 Å². The molecule has 0 fully saturated rings. The highest BCUT2D eigenvalue weighted by Crippen LogP contribution is 2.19. The molecule has 0 radical (unpaired) electrons. The molecule has 1 N–H and O–H groups in total. The van der Waals surface area contributed by atoms with Crippen molar-refractivity contribution >= 4 is 12.1 Å². The summed E-state index contributed by atoms with van der Waals surface area (Å²) in [7, 11) is 1.59. The zero-order valence-corrected chi connectivity index (χ0v) is 15.0. The van der Waals surface area contributed by atoms with Gasteiger partial charge in [0.25, 0.3) is 5.91 Å². The summed E-state index contributed by atoms with van der Waals surface area (Å²) in [6, 6.07) is 24.3. The van der Waals surface area contributed by atoms with E-state index in [-0.39, 0.29) is 5.91 Å². The Balaban J connectivity index is 1.67. The lowest BCUT2D eigenvalue weighted by atomic mass is 10.2. The number of amides is 1. The molecule has 0 bridgehead atoms. The van der Waals surface area contributed by atoms with Crippen LogP contribution in [0.15, 0.2) is 84.0 Å². The molecular weight excluding hydrogens is 340 g/mol. The smallest absolute Gasteiger partial charge is 0.275 e. The molecule has 0 saturated heterocycles. The average molecular weight is 360 g/mol. The van der Waals surface area contributed by atoms with E-state index in [0.29, 0.717) is 23.7 Å². The Morgan fingerprint density at radius 2 is 1.59 bits per heavy atom. The first kappa shape index (κ1) is 18.2. The Morgan fingerprint density at radius 1 is 0.926 bits per heavy atom. The molecule has 0 atom stereocenters. The molecule has 0 aromatic heterocycles. The summed E-state index contributed by atoms with van der Waals surface area (Å²) in [5.41, 5.74) is 4.76. The summed E-state index contributed by atoms with van der Waals surface area (Å²) >= 11 is 0. The average Bonchev–Trinajstić information content (AvgIpc) is 2.73. The van der Waals surface area contributed by atoms with Gasteiger partial charge in [-0.05, 0) is 29.8 Å². The number of nitrogens with zero attached hydrogens (tertiary/aromatic N) is 1. The van der Waals surface area contributed by atoms with E-state index in [2.05, 4.69) is 10.5 Å². The minimum Gasteiger partial charge on any atom is -0.496 e. The first-order chi connectivity index (χ1) is 13.3. The van der Waals surface area contributed by atoms with Crippen LogP contribution in [-0.2, 0) is 6.61 Å². The van der Waals surface area contributed by atoms with Crippen LogP contribution >= 0.6 is 0 Å². The van der Waals surface area contributed by atoms with Gasteiger partial charge in [-0.15, -0.1) is 0 Å². The number of rotatable bonds is 7. The van der Waals surface area contributed by atoms with Gasteiger partial charge in [-0.2, -0.15) is 5.10 Å². The standard InChI is InChI=1S/C22H20N2O3/c1-26-20-13-7-5-11-18(20)15-23-24-22(25)19-12-6-8-14-21(19)27-16-17-9-3-2-4-10-17/h2-15H,16H2,1H3,(H,24,25)/b23-15-. The Bertz CT molecular complexity index is 924. The predicted molar refractivity (Wildman–Crippen MR) is 105 cm³/mol. The molecular formula is C22H20N2O3. The van der Waals surface area contributed by atoms with Crippen LogP contribution in [0.2, 0.25) is 0 Å². The number of hydrogen-bond acceptors (Lipinski definition) is 4. The molecule has 0 aliphatic carbocycles. The summed E-state index contributed by atoms with van der Waals surface area (Å²) in [5.74, 6) is 0.846. The summed E-state index contributed by atoms with van der Waals surface area (Å²) < 4.78 is 11.1. The summed E-state index contributed by atoms with van der Waals surface area (Å²) in [6.45, 7) is 0.385. The number of hydrazone groups is 1. The minimum atomic E-state index is -0.343. The lowest BCUT2D eigenvalue weighted by Crippen LogP contribution is -2.18. The monoisotopic (exact) mass is 360 g/mol. The third-order valence-electron chi connectivity index (χ3n) is 3.88. The topological polar surface area (TPSA) is 59.9 Å². The zero-order chi connectivity index (χ0) is 18.9. The van der Waals surface area contributed by atoms with Gasteiger partial charge in [0.1, 0.15) is 18.1 Å². The molecule has 0 aliphatic heterocycles. The van der Waals surface area contributed by atoms with Gasteiger partial charge in [0.05, 0.1) is 18.9 Å². The van der Waals surface area contributed by atoms with Crippen molar-refractivity contribution < 1.29 is 14.3 Å². The maximum absolute atomic E-state index is 12.5. The van der Waals surface area contributed by atoms with Gasteiger partial charge in [-0.1, -0.05) is 54.6 Å². The van der Waals surface area contributed by atoms with Gasteiger partial charge in [0.2, 0.25) is 0 Å². The van der Waals surface area contributed by atoms with Crippen molar-refractivity contribution in [2.45, 2.75) is 6.61 Å². The van der Waals surface area contributed by atoms with Gasteiger partial charge >= 0.3 is 0 Å². The molecule has 5 nitrogen and oxygen atoms in total. The highest BCUT2D eigenvalue weighted by atomic mass is 16.5. The SMILES string of the molecule is COc1ccccc1/C=N\NC(=O)c1ccccc1OCc1ccccc1. The molecule has 0 heterocycles. The number of hydrogen-bond donors (Lipinski definition) is 1. The van der Waals surface area contributed by atoms with Crippen LogP contribution in [0.25, 0.3) is 0 Å². The van der Waals surface area contributed by atoms with E-state index < -0.39 is 0 Å². The van der Waals surface area contributed by atoms with E-state index >= 15 is 0 Å². The van der Waals surface area contributed by atoms with E-state index in [4.69, 9.17) is 9.47 Å². The Kier molecular flexibility index (Phi) is 6.20. The van der Waals surface area contributed by atoms with Gasteiger partial charge < -0.3 is 9.47 Å². The number of nitrogens with one attached hydrogen (secondary N) is 1. The summed E-state index contributed by atoms with van der Waals surface area (Å²) in [4.78, 5) is 12.5. The largest absolute Gasteiger partial charge is 0.496 e. The lowest BCUT2D eigenvalue weighted by molar-refractivity contribution is 0.0950. The van der Waals surface area contributed by atoms with Crippen LogP contribution in [0, 0.1) is 0 Å². The van der Waals surface area contributed by atoms with Gasteiger partial charge in [0.15, 0.2) is 0 Å². The number of benzene rings is 3. The number of ether oxygens (including phenoxy) is 2. The predicted octanol–water partition coefficient (Wildman–Crippen LogP) is 4.04.